The summed E-state index contributed by atoms with van der Waals surface area (Å²) in [5.41, 5.74) is 7.38. The number of nitrogen functional groups attached to an aromatic ring is 1. The predicted octanol–water partition coefficient (Wildman–Crippen LogP) is 0.800. The van der Waals surface area contributed by atoms with Gasteiger partial charge in [0, 0.05) is 11.8 Å². The molecule has 0 aromatic carbocycles. The van der Waals surface area contributed by atoms with E-state index < -0.39 is 6.10 Å². The second kappa shape index (κ2) is 5.56. The van der Waals surface area contributed by atoms with Crippen molar-refractivity contribution in [2.75, 3.05) is 18.1 Å². The zero-order valence-electron chi connectivity index (χ0n) is 9.84. The SMILES string of the molecule is Cc1nn(C(C)C)c(SCC(O)CO)c1N. The van der Waals surface area contributed by atoms with Crippen LogP contribution in [0.1, 0.15) is 25.6 Å². The molecule has 16 heavy (non-hydrogen) atoms. The van der Waals surface area contributed by atoms with Gasteiger partial charge in [0.2, 0.25) is 0 Å². The van der Waals surface area contributed by atoms with Crippen molar-refractivity contribution in [2.45, 2.75) is 37.9 Å². The lowest BCUT2D eigenvalue weighted by molar-refractivity contribution is 0.113. The quantitative estimate of drug-likeness (QED) is 0.668. The Balaban J connectivity index is 2.85. The maximum atomic E-state index is 9.31. The second-order valence-corrected chi connectivity index (χ2v) is 5.00. The van der Waals surface area contributed by atoms with E-state index in [0.29, 0.717) is 11.4 Å². The fraction of sp³-hybridized carbons (Fsp3) is 0.700. The van der Waals surface area contributed by atoms with Crippen LogP contribution in [0.2, 0.25) is 0 Å². The smallest absolute Gasteiger partial charge is 0.118 e. The number of nitrogens with two attached hydrogens (primary N) is 1. The van der Waals surface area contributed by atoms with E-state index in [0.717, 1.165) is 10.7 Å². The maximum absolute atomic E-state index is 9.31. The van der Waals surface area contributed by atoms with Crippen LogP contribution >= 0.6 is 11.8 Å². The van der Waals surface area contributed by atoms with Gasteiger partial charge in [0.15, 0.2) is 0 Å². The standard InChI is InChI=1S/C10H19N3O2S/c1-6(2)13-10(9(11)7(3)12-13)16-5-8(15)4-14/h6,8,14-15H,4-5,11H2,1-3H3. The van der Waals surface area contributed by atoms with Crippen molar-refractivity contribution >= 4 is 17.4 Å². The summed E-state index contributed by atoms with van der Waals surface area (Å²) in [7, 11) is 0. The summed E-state index contributed by atoms with van der Waals surface area (Å²) in [6, 6.07) is 0.227. The highest BCUT2D eigenvalue weighted by Crippen LogP contribution is 2.30. The van der Waals surface area contributed by atoms with Gasteiger partial charge in [-0.3, -0.25) is 4.68 Å². The number of aliphatic hydroxyl groups is 2. The lowest BCUT2D eigenvalue weighted by Gasteiger charge is -2.12. The lowest BCUT2D eigenvalue weighted by atomic mass is 10.4. The summed E-state index contributed by atoms with van der Waals surface area (Å²) in [6.07, 6.45) is -0.722. The highest BCUT2D eigenvalue weighted by Gasteiger charge is 2.16. The number of hydrogen-bond acceptors (Lipinski definition) is 5. The molecule has 0 saturated carbocycles. The van der Waals surface area contributed by atoms with Gasteiger partial charge in [0.1, 0.15) is 5.03 Å². The van der Waals surface area contributed by atoms with Gasteiger partial charge in [0.25, 0.3) is 0 Å². The Morgan fingerprint density at radius 1 is 1.50 bits per heavy atom. The van der Waals surface area contributed by atoms with E-state index >= 15 is 0 Å². The molecule has 0 saturated heterocycles. The molecule has 1 heterocycles. The Hall–Kier alpha value is -0.720. The molecular weight excluding hydrogens is 226 g/mol. The van der Waals surface area contributed by atoms with Crippen LogP contribution in [0.5, 0.6) is 0 Å². The van der Waals surface area contributed by atoms with E-state index in [1.165, 1.54) is 11.8 Å². The molecule has 0 spiro atoms. The number of nitrogens with zero attached hydrogens (tertiary/aromatic N) is 2. The van der Waals surface area contributed by atoms with Crippen molar-refractivity contribution < 1.29 is 10.2 Å². The Kier molecular flexibility index (Phi) is 4.64. The third-order valence-electron chi connectivity index (χ3n) is 2.20. The lowest BCUT2D eigenvalue weighted by Crippen LogP contribution is -2.15. The minimum atomic E-state index is -0.722. The van der Waals surface area contributed by atoms with E-state index in [2.05, 4.69) is 5.10 Å². The summed E-state index contributed by atoms with van der Waals surface area (Å²) >= 11 is 1.42. The molecule has 4 N–H and O–H groups in total. The van der Waals surface area contributed by atoms with E-state index in [4.69, 9.17) is 10.8 Å². The molecule has 0 radical (unpaired) electrons. The number of aliphatic hydroxyl groups excluding tert-OH is 2. The molecule has 5 nitrogen and oxygen atoms in total. The van der Waals surface area contributed by atoms with Crippen LogP contribution in [0, 0.1) is 6.92 Å². The van der Waals surface area contributed by atoms with Crippen molar-refractivity contribution in [3.05, 3.63) is 5.69 Å². The van der Waals surface area contributed by atoms with Crippen LogP contribution < -0.4 is 5.73 Å². The summed E-state index contributed by atoms with van der Waals surface area (Å²) in [5, 5.41) is 23.3. The molecule has 0 amide bonds. The summed E-state index contributed by atoms with van der Waals surface area (Å²) < 4.78 is 1.85. The molecule has 1 unspecified atom stereocenters. The molecule has 0 aliphatic carbocycles. The first-order valence-electron chi connectivity index (χ1n) is 5.23. The number of thioether (sulfide) groups is 1. The molecule has 0 aliphatic heterocycles. The van der Waals surface area contributed by atoms with E-state index in [-0.39, 0.29) is 12.6 Å². The maximum Gasteiger partial charge on any atom is 0.118 e. The first kappa shape index (κ1) is 13.3. The minimum absolute atomic E-state index is 0.227. The van der Waals surface area contributed by atoms with Crippen LogP contribution in [0.3, 0.4) is 0 Å². The van der Waals surface area contributed by atoms with Crippen molar-refractivity contribution in [1.82, 2.24) is 9.78 Å². The zero-order chi connectivity index (χ0) is 12.3. The molecule has 92 valence electrons. The number of aromatic nitrogens is 2. The van der Waals surface area contributed by atoms with Crippen molar-refractivity contribution in [3.63, 3.8) is 0 Å². The number of anilines is 1. The zero-order valence-corrected chi connectivity index (χ0v) is 10.7. The first-order valence-corrected chi connectivity index (χ1v) is 6.22. The van der Waals surface area contributed by atoms with Crippen molar-refractivity contribution in [1.29, 1.82) is 0 Å². The van der Waals surface area contributed by atoms with Crippen LogP contribution in [0.25, 0.3) is 0 Å². The summed E-state index contributed by atoms with van der Waals surface area (Å²) in [6.45, 7) is 5.68. The van der Waals surface area contributed by atoms with Gasteiger partial charge in [-0.2, -0.15) is 5.10 Å². The molecule has 1 rings (SSSR count). The van der Waals surface area contributed by atoms with Crippen molar-refractivity contribution in [3.8, 4) is 0 Å². The van der Waals surface area contributed by atoms with Crippen LogP contribution in [0.15, 0.2) is 5.03 Å². The summed E-state index contributed by atoms with van der Waals surface area (Å²) in [4.78, 5) is 0. The topological polar surface area (TPSA) is 84.3 Å². The second-order valence-electron chi connectivity index (χ2n) is 3.99. The van der Waals surface area contributed by atoms with Crippen molar-refractivity contribution in [2.24, 2.45) is 0 Å². The Bertz CT molecular complexity index is 352. The Morgan fingerprint density at radius 2 is 2.12 bits per heavy atom. The van der Waals surface area contributed by atoms with Gasteiger partial charge in [0.05, 0.1) is 24.1 Å². The number of hydrogen-bond donors (Lipinski definition) is 3. The van der Waals surface area contributed by atoms with Gasteiger partial charge < -0.3 is 15.9 Å². The van der Waals surface area contributed by atoms with E-state index in [9.17, 15) is 5.11 Å². The average Bonchev–Trinajstić information content (AvgIpc) is 2.53. The van der Waals surface area contributed by atoms with Gasteiger partial charge in [-0.1, -0.05) is 0 Å². The van der Waals surface area contributed by atoms with E-state index in [1.54, 1.807) is 0 Å². The van der Waals surface area contributed by atoms with Crippen LogP contribution in [0.4, 0.5) is 5.69 Å². The van der Waals surface area contributed by atoms with Crippen LogP contribution in [-0.4, -0.2) is 38.5 Å². The fourth-order valence-corrected chi connectivity index (χ4v) is 2.40. The van der Waals surface area contributed by atoms with Gasteiger partial charge in [-0.25, -0.2) is 0 Å². The van der Waals surface area contributed by atoms with E-state index in [1.807, 2.05) is 25.5 Å². The Labute approximate surface area is 99.6 Å². The molecule has 1 atom stereocenters. The average molecular weight is 245 g/mol. The molecule has 1 aromatic rings. The molecular formula is C10H19N3O2S. The fourth-order valence-electron chi connectivity index (χ4n) is 1.26. The number of rotatable bonds is 5. The highest BCUT2D eigenvalue weighted by molar-refractivity contribution is 7.99. The first-order chi connectivity index (χ1) is 7.47. The third kappa shape index (κ3) is 2.90. The monoisotopic (exact) mass is 245 g/mol. The largest absolute Gasteiger partial charge is 0.395 e. The third-order valence-corrected chi connectivity index (χ3v) is 3.43. The highest BCUT2D eigenvalue weighted by atomic mass is 32.2. The molecule has 0 aliphatic rings. The van der Waals surface area contributed by atoms with Gasteiger partial charge in [-0.05, 0) is 20.8 Å². The molecule has 0 bridgehead atoms. The van der Waals surface area contributed by atoms with Gasteiger partial charge >= 0.3 is 0 Å². The molecule has 1 aromatic heterocycles. The minimum Gasteiger partial charge on any atom is -0.395 e. The summed E-state index contributed by atoms with van der Waals surface area (Å²) in [5.74, 6) is 0.415. The molecule has 0 fully saturated rings. The van der Waals surface area contributed by atoms with Gasteiger partial charge in [-0.15, -0.1) is 11.8 Å². The molecule has 6 heteroatoms. The predicted molar refractivity (Wildman–Crippen MR) is 65.6 cm³/mol. The van der Waals surface area contributed by atoms with Crippen LogP contribution in [-0.2, 0) is 0 Å². The Morgan fingerprint density at radius 3 is 2.62 bits per heavy atom. The normalized spacial score (nSPS) is 13.4. The number of aryl methyl sites for hydroxylation is 1.